The quantitative estimate of drug-likeness (QED) is 0.712. The zero-order valence-electron chi connectivity index (χ0n) is 16.0. The van der Waals surface area contributed by atoms with E-state index in [1.165, 1.54) is 11.6 Å². The van der Waals surface area contributed by atoms with E-state index in [1.54, 1.807) is 25.2 Å². The van der Waals surface area contributed by atoms with Gasteiger partial charge < -0.3 is 16.4 Å². The third-order valence-corrected chi connectivity index (χ3v) is 5.36. The first-order valence-corrected chi connectivity index (χ1v) is 9.52. The molecule has 5 nitrogen and oxygen atoms in total. The molecular formula is C22H26FN3O2. The lowest BCUT2D eigenvalue weighted by atomic mass is 9.77. The third-order valence-electron chi connectivity index (χ3n) is 5.36. The molecule has 0 radical (unpaired) electrons. The number of nitrogens with one attached hydrogen (secondary N) is 2. The minimum Gasteiger partial charge on any atom is -0.357 e. The minimum absolute atomic E-state index is 0.0225. The van der Waals surface area contributed by atoms with Crippen LogP contribution in [0.15, 0.2) is 48.5 Å². The lowest BCUT2D eigenvalue weighted by Gasteiger charge is -2.37. The van der Waals surface area contributed by atoms with Crippen molar-refractivity contribution in [3.05, 3.63) is 71.0 Å². The molecule has 0 aliphatic heterocycles. The van der Waals surface area contributed by atoms with Crippen molar-refractivity contribution in [3.63, 3.8) is 0 Å². The number of benzene rings is 2. The number of likely N-dealkylation sites (N-methyl/N-ethyl adjacent to an activating group) is 1. The maximum absolute atomic E-state index is 13.8. The fraction of sp³-hybridized carbons (Fsp3) is 0.364. The number of fused-ring (bicyclic) bond motifs is 1. The molecule has 148 valence electrons. The van der Waals surface area contributed by atoms with Crippen LogP contribution in [0.1, 0.15) is 29.5 Å². The Morgan fingerprint density at radius 3 is 2.54 bits per heavy atom. The van der Waals surface area contributed by atoms with Gasteiger partial charge in [0.05, 0.1) is 0 Å². The van der Waals surface area contributed by atoms with Crippen molar-refractivity contribution in [1.82, 2.24) is 10.6 Å². The maximum atomic E-state index is 13.8. The van der Waals surface area contributed by atoms with E-state index in [9.17, 15) is 14.0 Å². The fourth-order valence-corrected chi connectivity index (χ4v) is 3.91. The van der Waals surface area contributed by atoms with Gasteiger partial charge in [0.1, 0.15) is 11.4 Å². The van der Waals surface area contributed by atoms with Crippen LogP contribution in [0.3, 0.4) is 0 Å². The van der Waals surface area contributed by atoms with Crippen LogP contribution in [0.4, 0.5) is 4.39 Å². The highest BCUT2D eigenvalue weighted by atomic mass is 19.1. The number of rotatable bonds is 6. The molecule has 0 aromatic heterocycles. The predicted octanol–water partition coefficient (Wildman–Crippen LogP) is 1.88. The van der Waals surface area contributed by atoms with Crippen molar-refractivity contribution in [1.29, 1.82) is 0 Å². The molecule has 2 atom stereocenters. The Balaban J connectivity index is 1.69. The van der Waals surface area contributed by atoms with Gasteiger partial charge >= 0.3 is 0 Å². The molecule has 2 amide bonds. The third kappa shape index (κ3) is 4.39. The summed E-state index contributed by atoms with van der Waals surface area (Å²) >= 11 is 0. The standard InChI is InChI=1S/C22H26FN3O2/c1-25-21(28)22(11-10-15-6-2-3-8-17(15)14-22)26-20(27)13-18(24)12-16-7-4-5-9-19(16)23/h2-9,18H,10-14,24H2,1H3,(H,25,28)(H,26,27)/t18-,22-/m1/s1. The lowest BCUT2D eigenvalue weighted by Crippen LogP contribution is -2.61. The smallest absolute Gasteiger partial charge is 0.245 e. The molecule has 28 heavy (non-hydrogen) atoms. The molecule has 0 heterocycles. The second kappa shape index (κ2) is 8.52. The zero-order valence-corrected chi connectivity index (χ0v) is 16.0. The van der Waals surface area contributed by atoms with Crippen LogP contribution in [-0.2, 0) is 28.9 Å². The van der Waals surface area contributed by atoms with E-state index >= 15 is 0 Å². The summed E-state index contributed by atoms with van der Waals surface area (Å²) in [7, 11) is 1.57. The topological polar surface area (TPSA) is 84.2 Å². The normalized spacial score (nSPS) is 19.4. The summed E-state index contributed by atoms with van der Waals surface area (Å²) < 4.78 is 13.8. The van der Waals surface area contributed by atoms with Crippen LogP contribution in [-0.4, -0.2) is 30.4 Å². The summed E-state index contributed by atoms with van der Waals surface area (Å²) in [6, 6.07) is 13.8. The van der Waals surface area contributed by atoms with Gasteiger partial charge in [-0.2, -0.15) is 0 Å². The number of aryl methyl sites for hydroxylation is 1. The molecule has 2 aromatic carbocycles. The van der Waals surface area contributed by atoms with Crippen LogP contribution < -0.4 is 16.4 Å². The molecule has 0 spiro atoms. The summed E-state index contributed by atoms with van der Waals surface area (Å²) in [6.07, 6.45) is 1.96. The van der Waals surface area contributed by atoms with Gasteiger partial charge in [0.2, 0.25) is 11.8 Å². The van der Waals surface area contributed by atoms with Crippen molar-refractivity contribution >= 4 is 11.8 Å². The molecule has 0 saturated heterocycles. The average molecular weight is 383 g/mol. The van der Waals surface area contributed by atoms with E-state index < -0.39 is 11.6 Å². The Kier molecular flexibility index (Phi) is 6.09. The largest absolute Gasteiger partial charge is 0.357 e. The highest BCUT2D eigenvalue weighted by molar-refractivity contribution is 5.92. The van der Waals surface area contributed by atoms with Crippen molar-refractivity contribution in [3.8, 4) is 0 Å². The van der Waals surface area contributed by atoms with Crippen molar-refractivity contribution in [2.45, 2.75) is 43.7 Å². The summed E-state index contributed by atoms with van der Waals surface area (Å²) in [5, 5.41) is 5.61. The second-order valence-corrected chi connectivity index (χ2v) is 7.41. The predicted molar refractivity (Wildman–Crippen MR) is 106 cm³/mol. The molecule has 0 saturated carbocycles. The summed E-state index contributed by atoms with van der Waals surface area (Å²) in [5.41, 5.74) is 7.84. The van der Waals surface area contributed by atoms with Gasteiger partial charge in [-0.3, -0.25) is 9.59 Å². The van der Waals surface area contributed by atoms with Gasteiger partial charge in [0.15, 0.2) is 0 Å². The Hall–Kier alpha value is -2.73. The van der Waals surface area contributed by atoms with Crippen LogP contribution >= 0.6 is 0 Å². The van der Waals surface area contributed by atoms with Gasteiger partial charge in [0.25, 0.3) is 0 Å². The summed E-state index contributed by atoms with van der Waals surface area (Å²) in [6.45, 7) is 0. The van der Waals surface area contributed by atoms with Gasteiger partial charge in [-0.05, 0) is 42.0 Å². The first kappa shape index (κ1) is 20.0. The maximum Gasteiger partial charge on any atom is 0.245 e. The summed E-state index contributed by atoms with van der Waals surface area (Å²) in [5.74, 6) is -0.839. The van der Waals surface area contributed by atoms with E-state index in [0.29, 0.717) is 24.8 Å². The molecule has 4 N–H and O–H groups in total. The number of nitrogens with two attached hydrogens (primary N) is 1. The van der Waals surface area contributed by atoms with Crippen LogP contribution in [0.25, 0.3) is 0 Å². The molecule has 0 fully saturated rings. The average Bonchev–Trinajstić information content (AvgIpc) is 2.68. The van der Waals surface area contributed by atoms with E-state index in [1.807, 2.05) is 18.2 Å². The zero-order chi connectivity index (χ0) is 20.1. The van der Waals surface area contributed by atoms with Crippen molar-refractivity contribution < 1.29 is 14.0 Å². The Labute approximate surface area is 164 Å². The Morgan fingerprint density at radius 1 is 1.14 bits per heavy atom. The molecule has 2 aromatic rings. The molecular weight excluding hydrogens is 357 g/mol. The molecule has 0 unspecified atom stereocenters. The summed E-state index contributed by atoms with van der Waals surface area (Å²) in [4.78, 5) is 25.3. The highest BCUT2D eigenvalue weighted by Gasteiger charge is 2.42. The number of carbonyl (C=O) groups excluding carboxylic acids is 2. The van der Waals surface area contributed by atoms with E-state index in [4.69, 9.17) is 5.73 Å². The number of halogens is 1. The van der Waals surface area contributed by atoms with Crippen LogP contribution in [0.2, 0.25) is 0 Å². The first-order chi connectivity index (χ1) is 13.4. The van der Waals surface area contributed by atoms with Gasteiger partial charge in [-0.15, -0.1) is 0 Å². The fourth-order valence-electron chi connectivity index (χ4n) is 3.91. The van der Waals surface area contributed by atoms with Gasteiger partial charge in [0, 0.05) is 25.9 Å². The number of amides is 2. The minimum atomic E-state index is -0.988. The van der Waals surface area contributed by atoms with Crippen molar-refractivity contribution in [2.24, 2.45) is 5.73 Å². The van der Waals surface area contributed by atoms with Gasteiger partial charge in [-0.25, -0.2) is 4.39 Å². The first-order valence-electron chi connectivity index (χ1n) is 9.52. The number of hydrogen-bond acceptors (Lipinski definition) is 3. The van der Waals surface area contributed by atoms with Gasteiger partial charge in [-0.1, -0.05) is 42.5 Å². The SMILES string of the molecule is CNC(=O)[C@@]1(NC(=O)C[C@H](N)Cc2ccccc2F)CCc2ccccc2C1. The second-order valence-electron chi connectivity index (χ2n) is 7.41. The van der Waals surface area contributed by atoms with E-state index in [-0.39, 0.29) is 30.5 Å². The number of carbonyl (C=O) groups is 2. The molecule has 3 rings (SSSR count). The van der Waals surface area contributed by atoms with Crippen molar-refractivity contribution in [2.75, 3.05) is 7.05 Å². The molecule has 6 heteroatoms. The van der Waals surface area contributed by atoms with Crippen LogP contribution in [0, 0.1) is 5.82 Å². The van der Waals surface area contributed by atoms with E-state index in [0.717, 1.165) is 5.56 Å². The van der Waals surface area contributed by atoms with E-state index in [2.05, 4.69) is 16.7 Å². The lowest BCUT2D eigenvalue weighted by molar-refractivity contribution is -0.134. The molecule has 1 aliphatic rings. The number of hydrogen-bond donors (Lipinski definition) is 3. The Morgan fingerprint density at radius 2 is 1.82 bits per heavy atom. The Bertz CT molecular complexity index is 870. The highest BCUT2D eigenvalue weighted by Crippen LogP contribution is 2.29. The monoisotopic (exact) mass is 383 g/mol. The molecule has 1 aliphatic carbocycles. The molecule has 0 bridgehead atoms. The van der Waals surface area contributed by atoms with Crippen LogP contribution in [0.5, 0.6) is 0 Å².